The molecular formula is C12H16O5. The second-order valence-corrected chi connectivity index (χ2v) is 4.49. The predicted octanol–water partition coefficient (Wildman–Crippen LogP) is 0.850. The highest BCUT2D eigenvalue weighted by atomic mass is 16.6. The van der Waals surface area contributed by atoms with Crippen LogP contribution >= 0.6 is 0 Å². The highest BCUT2D eigenvalue weighted by molar-refractivity contribution is 6.01. The second kappa shape index (κ2) is 4.85. The average Bonchev–Trinajstić information content (AvgIpc) is 2.52. The van der Waals surface area contributed by atoms with Gasteiger partial charge in [0, 0.05) is 6.42 Å². The van der Waals surface area contributed by atoms with E-state index in [2.05, 4.69) is 0 Å². The van der Waals surface area contributed by atoms with Crippen molar-refractivity contribution in [1.82, 2.24) is 0 Å². The molecule has 2 heterocycles. The number of ether oxygens (including phenoxy) is 2. The molecule has 2 saturated heterocycles. The molecule has 0 aromatic heterocycles. The summed E-state index contributed by atoms with van der Waals surface area (Å²) in [6, 6.07) is 0. The molecule has 5 nitrogen and oxygen atoms in total. The van der Waals surface area contributed by atoms with E-state index in [1.54, 1.807) is 6.92 Å². The summed E-state index contributed by atoms with van der Waals surface area (Å²) in [5.41, 5.74) is 0. The number of hydrogen-bond acceptors (Lipinski definition) is 5. The van der Waals surface area contributed by atoms with Crippen LogP contribution < -0.4 is 0 Å². The zero-order valence-corrected chi connectivity index (χ0v) is 9.81. The van der Waals surface area contributed by atoms with Gasteiger partial charge in [0.15, 0.2) is 0 Å². The minimum atomic E-state index is -0.667. The lowest BCUT2D eigenvalue weighted by Crippen LogP contribution is -2.32. The van der Waals surface area contributed by atoms with E-state index in [0.29, 0.717) is 12.8 Å². The first-order valence-electron chi connectivity index (χ1n) is 6.03. The maximum Gasteiger partial charge on any atom is 0.316 e. The Morgan fingerprint density at radius 3 is 2.88 bits per heavy atom. The second-order valence-electron chi connectivity index (χ2n) is 4.49. The fourth-order valence-electron chi connectivity index (χ4n) is 2.48. The van der Waals surface area contributed by atoms with Crippen LogP contribution in [0.25, 0.3) is 0 Å². The Hall–Kier alpha value is -1.39. The summed E-state index contributed by atoms with van der Waals surface area (Å²) < 4.78 is 10.2. The standard InChI is InChI=1S/C12H16O5/c1-2-16-11(14)8-6-9(13)7-4-3-5-10(8)17-12(7)15/h7-8,10H,2-6H2,1H3. The number of carbonyl (C=O) groups is 3. The Kier molecular flexibility index (Phi) is 3.45. The summed E-state index contributed by atoms with van der Waals surface area (Å²) in [5.74, 6) is -2.36. The van der Waals surface area contributed by atoms with Gasteiger partial charge in [-0.2, -0.15) is 0 Å². The number of carbonyl (C=O) groups excluding carboxylic acids is 3. The van der Waals surface area contributed by atoms with Crippen molar-refractivity contribution in [2.75, 3.05) is 6.61 Å². The zero-order valence-electron chi connectivity index (χ0n) is 9.81. The van der Waals surface area contributed by atoms with E-state index >= 15 is 0 Å². The quantitative estimate of drug-likeness (QED) is 0.528. The van der Waals surface area contributed by atoms with Crippen molar-refractivity contribution in [3.63, 3.8) is 0 Å². The Labute approximate surface area is 99.5 Å². The van der Waals surface area contributed by atoms with Gasteiger partial charge in [0.1, 0.15) is 23.7 Å². The van der Waals surface area contributed by atoms with Crippen molar-refractivity contribution in [3.8, 4) is 0 Å². The average molecular weight is 240 g/mol. The van der Waals surface area contributed by atoms with Gasteiger partial charge in [-0.3, -0.25) is 14.4 Å². The third kappa shape index (κ3) is 2.33. The SMILES string of the molecule is CCOC(=O)C1CC(=O)C2CCCC1OC2=O. The molecule has 0 N–H and O–H groups in total. The highest BCUT2D eigenvalue weighted by Gasteiger charge is 2.44. The fourth-order valence-corrected chi connectivity index (χ4v) is 2.48. The lowest BCUT2D eigenvalue weighted by molar-refractivity contribution is -0.160. The van der Waals surface area contributed by atoms with Crippen LogP contribution in [0.15, 0.2) is 0 Å². The maximum atomic E-state index is 11.8. The van der Waals surface area contributed by atoms with Crippen LogP contribution in [0.4, 0.5) is 0 Å². The Morgan fingerprint density at radius 2 is 2.18 bits per heavy atom. The van der Waals surface area contributed by atoms with E-state index in [0.717, 1.165) is 6.42 Å². The van der Waals surface area contributed by atoms with Crippen LogP contribution in [-0.4, -0.2) is 30.4 Å². The molecule has 3 unspecified atom stereocenters. The predicted molar refractivity (Wildman–Crippen MR) is 57.0 cm³/mol. The molecule has 2 rings (SSSR count). The topological polar surface area (TPSA) is 69.7 Å². The first-order chi connectivity index (χ1) is 8.13. The highest BCUT2D eigenvalue weighted by Crippen LogP contribution is 2.32. The molecular weight excluding hydrogens is 224 g/mol. The molecule has 5 heteroatoms. The summed E-state index contributed by atoms with van der Waals surface area (Å²) in [6.45, 7) is 1.99. The molecule has 3 atom stereocenters. The number of esters is 2. The molecule has 0 saturated carbocycles. The van der Waals surface area contributed by atoms with Gasteiger partial charge in [-0.1, -0.05) is 0 Å². The van der Waals surface area contributed by atoms with Gasteiger partial charge in [-0.25, -0.2) is 0 Å². The van der Waals surface area contributed by atoms with Crippen LogP contribution in [-0.2, 0) is 23.9 Å². The van der Waals surface area contributed by atoms with Crippen molar-refractivity contribution in [1.29, 1.82) is 0 Å². The lowest BCUT2D eigenvalue weighted by Gasteiger charge is -2.22. The molecule has 0 aromatic carbocycles. The summed E-state index contributed by atoms with van der Waals surface area (Å²) in [6.07, 6.45) is 1.50. The summed E-state index contributed by atoms with van der Waals surface area (Å²) in [5, 5.41) is 0. The first kappa shape index (κ1) is 12.1. The Bertz CT molecular complexity index is 349. The van der Waals surface area contributed by atoms with Crippen LogP contribution in [0.1, 0.15) is 32.6 Å². The molecule has 17 heavy (non-hydrogen) atoms. The fraction of sp³-hybridized carbons (Fsp3) is 0.750. The van der Waals surface area contributed by atoms with E-state index in [1.165, 1.54) is 0 Å². The molecule has 2 bridgehead atoms. The molecule has 0 aromatic rings. The van der Waals surface area contributed by atoms with Crippen molar-refractivity contribution in [2.45, 2.75) is 38.7 Å². The summed E-state index contributed by atoms with van der Waals surface area (Å²) in [4.78, 5) is 35.2. The van der Waals surface area contributed by atoms with Gasteiger partial charge in [-0.05, 0) is 26.2 Å². The van der Waals surface area contributed by atoms with Crippen molar-refractivity contribution < 1.29 is 23.9 Å². The number of fused-ring (bicyclic) bond motifs is 3. The molecule has 2 aliphatic heterocycles. The molecule has 94 valence electrons. The molecule has 0 aliphatic carbocycles. The lowest BCUT2D eigenvalue weighted by atomic mass is 9.85. The Morgan fingerprint density at radius 1 is 1.41 bits per heavy atom. The molecule has 2 fully saturated rings. The van der Waals surface area contributed by atoms with E-state index in [-0.39, 0.29) is 18.8 Å². The van der Waals surface area contributed by atoms with Gasteiger partial charge in [0.05, 0.1) is 6.61 Å². The van der Waals surface area contributed by atoms with Crippen molar-refractivity contribution in [3.05, 3.63) is 0 Å². The minimum absolute atomic E-state index is 0.0694. The van der Waals surface area contributed by atoms with Gasteiger partial charge >= 0.3 is 11.9 Å². The van der Waals surface area contributed by atoms with Crippen LogP contribution in [0.3, 0.4) is 0 Å². The van der Waals surface area contributed by atoms with Crippen LogP contribution in [0.2, 0.25) is 0 Å². The van der Waals surface area contributed by atoms with Gasteiger partial charge in [0.25, 0.3) is 0 Å². The summed E-state index contributed by atoms with van der Waals surface area (Å²) in [7, 11) is 0. The molecule has 2 aliphatic rings. The number of ketones is 1. The van der Waals surface area contributed by atoms with E-state index < -0.39 is 29.9 Å². The third-order valence-electron chi connectivity index (χ3n) is 3.38. The van der Waals surface area contributed by atoms with Gasteiger partial charge < -0.3 is 9.47 Å². The number of rotatable bonds is 2. The van der Waals surface area contributed by atoms with Crippen molar-refractivity contribution >= 4 is 17.7 Å². The molecule has 0 amide bonds. The van der Waals surface area contributed by atoms with Crippen LogP contribution in [0, 0.1) is 11.8 Å². The monoisotopic (exact) mass is 240 g/mol. The number of hydrogen-bond donors (Lipinski definition) is 0. The first-order valence-corrected chi connectivity index (χ1v) is 6.03. The minimum Gasteiger partial charge on any atom is -0.466 e. The maximum absolute atomic E-state index is 11.8. The largest absolute Gasteiger partial charge is 0.466 e. The number of Topliss-reactive ketones (excluding diaryl/α,β-unsaturated/α-hetero) is 1. The van der Waals surface area contributed by atoms with Gasteiger partial charge in [-0.15, -0.1) is 0 Å². The smallest absolute Gasteiger partial charge is 0.316 e. The molecule has 0 radical (unpaired) electrons. The van der Waals surface area contributed by atoms with Crippen molar-refractivity contribution in [2.24, 2.45) is 11.8 Å². The third-order valence-corrected chi connectivity index (χ3v) is 3.38. The van der Waals surface area contributed by atoms with E-state index in [4.69, 9.17) is 9.47 Å². The summed E-state index contributed by atoms with van der Waals surface area (Å²) >= 11 is 0. The van der Waals surface area contributed by atoms with Gasteiger partial charge in [0.2, 0.25) is 0 Å². The Balaban J connectivity index is 2.21. The zero-order chi connectivity index (χ0) is 12.4. The van der Waals surface area contributed by atoms with Crippen LogP contribution in [0.5, 0.6) is 0 Å². The van der Waals surface area contributed by atoms with E-state index in [1.807, 2.05) is 0 Å². The van der Waals surface area contributed by atoms with E-state index in [9.17, 15) is 14.4 Å². The molecule has 0 spiro atoms. The normalized spacial score (nSPS) is 32.6.